The maximum absolute atomic E-state index is 13.1. The van der Waals surface area contributed by atoms with E-state index in [4.69, 9.17) is 16.3 Å². The number of hydrogen-bond acceptors (Lipinski definition) is 6. The maximum Gasteiger partial charge on any atom is 0.262 e. The summed E-state index contributed by atoms with van der Waals surface area (Å²) in [6.45, 7) is 2.98. The monoisotopic (exact) mass is 472 g/mol. The molecule has 0 unspecified atom stereocenters. The Morgan fingerprint density at radius 1 is 1.22 bits per heavy atom. The number of halogens is 1. The van der Waals surface area contributed by atoms with Gasteiger partial charge in [-0.25, -0.2) is 4.98 Å². The van der Waals surface area contributed by atoms with Gasteiger partial charge in [0.15, 0.2) is 0 Å². The molecule has 1 saturated heterocycles. The third-order valence-corrected chi connectivity index (χ3v) is 7.61. The minimum Gasteiger partial charge on any atom is -0.378 e. The number of rotatable bonds is 5. The lowest BCUT2D eigenvalue weighted by Gasteiger charge is -2.31. The number of carbonyl (C=O) groups is 1. The summed E-state index contributed by atoms with van der Waals surface area (Å²) < 4.78 is 6.99. The smallest absolute Gasteiger partial charge is 0.262 e. The first-order valence-corrected chi connectivity index (χ1v) is 12.2. The van der Waals surface area contributed by atoms with Crippen molar-refractivity contribution in [2.45, 2.75) is 38.6 Å². The Morgan fingerprint density at radius 3 is 2.88 bits per heavy atom. The fraction of sp³-hybridized carbons (Fsp3) is 0.435. The van der Waals surface area contributed by atoms with Crippen LogP contribution in [0.1, 0.15) is 29.7 Å². The average molecular weight is 473 g/mol. The van der Waals surface area contributed by atoms with Crippen LogP contribution in [0.3, 0.4) is 0 Å². The van der Waals surface area contributed by atoms with Gasteiger partial charge < -0.3 is 15.0 Å². The highest BCUT2D eigenvalue weighted by molar-refractivity contribution is 7.18. The summed E-state index contributed by atoms with van der Waals surface area (Å²) >= 11 is 8.09. The second kappa shape index (κ2) is 9.21. The molecule has 1 aliphatic carbocycles. The Kier molecular flexibility index (Phi) is 6.17. The van der Waals surface area contributed by atoms with Gasteiger partial charge in [-0.3, -0.25) is 14.2 Å². The molecular weight excluding hydrogens is 448 g/mol. The van der Waals surface area contributed by atoms with Crippen molar-refractivity contribution in [2.75, 3.05) is 36.5 Å². The van der Waals surface area contributed by atoms with E-state index in [1.54, 1.807) is 22.2 Å². The van der Waals surface area contributed by atoms with E-state index in [9.17, 15) is 9.59 Å². The molecule has 0 spiro atoms. The molecule has 1 aromatic carbocycles. The molecule has 9 heteroatoms. The highest BCUT2D eigenvalue weighted by atomic mass is 35.5. The van der Waals surface area contributed by atoms with Crippen LogP contribution in [0.2, 0.25) is 5.02 Å². The number of nitrogens with one attached hydrogen (secondary N) is 1. The van der Waals surface area contributed by atoms with Crippen LogP contribution < -0.4 is 15.8 Å². The molecule has 168 valence electrons. The largest absolute Gasteiger partial charge is 0.378 e. The van der Waals surface area contributed by atoms with E-state index < -0.39 is 0 Å². The standard InChI is InChI=1S/C23H25ClN4O3S/c24-16-5-3-6-17(21(16)27-10-12-31-13-11-27)26-19(29)8-9-28-14-25-22-20(23(28)30)15-4-1-2-7-18(15)32-22/h3,5-6,14H,1-2,4,7-13H2,(H,26,29). The number of carbonyl (C=O) groups excluding carboxylic acids is 1. The predicted octanol–water partition coefficient (Wildman–Crippen LogP) is 3.86. The van der Waals surface area contributed by atoms with Crippen molar-refractivity contribution in [1.29, 1.82) is 0 Å². The quantitative estimate of drug-likeness (QED) is 0.610. The van der Waals surface area contributed by atoms with Gasteiger partial charge in [0.1, 0.15) is 4.83 Å². The van der Waals surface area contributed by atoms with Gasteiger partial charge in [0.2, 0.25) is 5.91 Å². The molecule has 2 aromatic heterocycles. The van der Waals surface area contributed by atoms with E-state index in [1.165, 1.54) is 16.9 Å². The minimum absolute atomic E-state index is 0.0426. The van der Waals surface area contributed by atoms with Crippen molar-refractivity contribution in [3.63, 3.8) is 0 Å². The number of fused-ring (bicyclic) bond motifs is 3. The van der Waals surface area contributed by atoms with Crippen molar-refractivity contribution < 1.29 is 9.53 Å². The summed E-state index contributed by atoms with van der Waals surface area (Å²) in [7, 11) is 0. The number of para-hydroxylation sites is 1. The molecule has 1 amide bonds. The zero-order valence-electron chi connectivity index (χ0n) is 17.7. The van der Waals surface area contributed by atoms with Crippen molar-refractivity contribution in [1.82, 2.24) is 9.55 Å². The first-order valence-electron chi connectivity index (χ1n) is 11.0. The van der Waals surface area contributed by atoms with Gasteiger partial charge in [0.25, 0.3) is 5.56 Å². The summed E-state index contributed by atoms with van der Waals surface area (Å²) in [6.07, 6.45) is 6.00. The van der Waals surface area contributed by atoms with Crippen LogP contribution in [-0.2, 0) is 28.9 Å². The number of thiophene rings is 1. The molecule has 2 aliphatic rings. The van der Waals surface area contributed by atoms with Crippen LogP contribution in [0.5, 0.6) is 0 Å². The molecule has 0 radical (unpaired) electrons. The van der Waals surface area contributed by atoms with Gasteiger partial charge in [-0.15, -0.1) is 11.3 Å². The van der Waals surface area contributed by atoms with Crippen molar-refractivity contribution in [3.8, 4) is 0 Å². The molecular formula is C23H25ClN4O3S. The molecule has 5 rings (SSSR count). The number of ether oxygens (including phenoxy) is 1. The summed E-state index contributed by atoms with van der Waals surface area (Å²) in [6, 6.07) is 5.50. The number of hydrogen-bond donors (Lipinski definition) is 1. The molecule has 0 atom stereocenters. The van der Waals surface area contributed by atoms with Crippen LogP contribution in [0.4, 0.5) is 11.4 Å². The lowest BCUT2D eigenvalue weighted by atomic mass is 9.97. The number of aromatic nitrogens is 2. The fourth-order valence-electron chi connectivity index (χ4n) is 4.50. The van der Waals surface area contributed by atoms with Crippen LogP contribution in [-0.4, -0.2) is 41.8 Å². The summed E-state index contributed by atoms with van der Waals surface area (Å²) in [5.41, 5.74) is 2.62. The van der Waals surface area contributed by atoms with E-state index in [0.717, 1.165) is 48.3 Å². The number of nitrogens with zero attached hydrogens (tertiary/aromatic N) is 3. The molecule has 7 nitrogen and oxygen atoms in total. The first-order chi connectivity index (χ1) is 15.6. The second-order valence-electron chi connectivity index (χ2n) is 8.17. The van der Waals surface area contributed by atoms with Gasteiger partial charge in [-0.1, -0.05) is 17.7 Å². The number of anilines is 2. The molecule has 1 aliphatic heterocycles. The van der Waals surface area contributed by atoms with Crippen LogP contribution in [0, 0.1) is 0 Å². The SMILES string of the molecule is O=C(CCn1cnc2sc3c(c2c1=O)CCCC3)Nc1cccc(Cl)c1N1CCOCC1. The predicted molar refractivity (Wildman–Crippen MR) is 128 cm³/mol. The lowest BCUT2D eigenvalue weighted by molar-refractivity contribution is -0.116. The van der Waals surface area contributed by atoms with E-state index in [-0.39, 0.29) is 24.4 Å². The zero-order valence-corrected chi connectivity index (χ0v) is 19.3. The zero-order chi connectivity index (χ0) is 22.1. The van der Waals surface area contributed by atoms with Crippen molar-refractivity contribution >= 4 is 50.4 Å². The van der Waals surface area contributed by atoms with Crippen LogP contribution >= 0.6 is 22.9 Å². The topological polar surface area (TPSA) is 76.5 Å². The van der Waals surface area contributed by atoms with Crippen LogP contribution in [0.15, 0.2) is 29.3 Å². The van der Waals surface area contributed by atoms with Gasteiger partial charge in [-0.2, -0.15) is 0 Å². The molecule has 1 fully saturated rings. The highest BCUT2D eigenvalue weighted by Gasteiger charge is 2.21. The van der Waals surface area contributed by atoms with Gasteiger partial charge in [0.05, 0.1) is 41.3 Å². The van der Waals surface area contributed by atoms with Crippen LogP contribution in [0.25, 0.3) is 10.2 Å². The molecule has 1 N–H and O–H groups in total. The molecule has 3 aromatic rings. The molecule has 0 saturated carbocycles. The van der Waals surface area contributed by atoms with Crippen molar-refractivity contribution in [2.24, 2.45) is 0 Å². The molecule has 0 bridgehead atoms. The number of aryl methyl sites for hydroxylation is 3. The second-order valence-corrected chi connectivity index (χ2v) is 9.66. The van der Waals surface area contributed by atoms with Gasteiger partial charge in [0, 0.05) is 30.9 Å². The third-order valence-electron chi connectivity index (χ3n) is 6.11. The summed E-state index contributed by atoms with van der Waals surface area (Å²) in [4.78, 5) is 34.6. The molecule has 32 heavy (non-hydrogen) atoms. The lowest BCUT2D eigenvalue weighted by Crippen LogP contribution is -2.37. The van der Waals surface area contributed by atoms with Crippen molar-refractivity contribution in [3.05, 3.63) is 50.3 Å². The van der Waals surface area contributed by atoms with E-state index in [0.29, 0.717) is 23.9 Å². The van der Waals surface area contributed by atoms with E-state index in [2.05, 4.69) is 15.2 Å². The van der Waals surface area contributed by atoms with E-state index in [1.807, 2.05) is 18.2 Å². The normalized spacial score (nSPS) is 16.2. The van der Waals surface area contributed by atoms with Gasteiger partial charge >= 0.3 is 0 Å². The third kappa shape index (κ3) is 4.14. The minimum atomic E-state index is -0.166. The summed E-state index contributed by atoms with van der Waals surface area (Å²) in [5.74, 6) is -0.166. The average Bonchev–Trinajstić information content (AvgIpc) is 3.19. The van der Waals surface area contributed by atoms with E-state index >= 15 is 0 Å². The molecule has 3 heterocycles. The fourth-order valence-corrected chi connectivity index (χ4v) is 6.01. The Hall–Kier alpha value is -2.42. The maximum atomic E-state index is 13.1. The Labute approximate surface area is 195 Å². The number of amides is 1. The Balaban J connectivity index is 1.32. The number of benzene rings is 1. The first kappa shape index (κ1) is 21.4. The summed E-state index contributed by atoms with van der Waals surface area (Å²) in [5, 5.41) is 4.32. The number of morpholine rings is 1. The highest BCUT2D eigenvalue weighted by Crippen LogP contribution is 2.35. The Morgan fingerprint density at radius 2 is 2.03 bits per heavy atom. The Bertz CT molecular complexity index is 1220. The van der Waals surface area contributed by atoms with Gasteiger partial charge in [-0.05, 0) is 43.4 Å².